The minimum atomic E-state index is -4.29. The zero-order valence-corrected chi connectivity index (χ0v) is 28.1. The molecule has 5 rings (SSSR count). The number of nitrogens with one attached hydrogen (secondary N) is 1. The van der Waals surface area contributed by atoms with E-state index in [2.05, 4.69) is 5.32 Å². The fraction of sp³-hybridized carbons (Fsp3) is 0.257. The molecule has 0 saturated heterocycles. The van der Waals surface area contributed by atoms with Crippen molar-refractivity contribution in [2.45, 2.75) is 55.6 Å². The summed E-state index contributed by atoms with van der Waals surface area (Å²) in [5, 5.41) is 3.94. The third-order valence-corrected chi connectivity index (χ3v) is 10.7. The zero-order valence-electron chi connectivity index (χ0n) is 25.0. The molecule has 7 nitrogen and oxygen atoms in total. The third-order valence-electron chi connectivity index (χ3n) is 8.06. The lowest BCUT2D eigenvalue weighted by atomic mass is 10.0. The number of carbonyl (C=O) groups excluding carboxylic acids is 2. The van der Waals surface area contributed by atoms with Crippen LogP contribution >= 0.6 is 34.8 Å². The van der Waals surface area contributed by atoms with Crippen LogP contribution in [0.4, 0.5) is 5.69 Å². The van der Waals surface area contributed by atoms with Crippen LogP contribution in [0.15, 0.2) is 108 Å². The van der Waals surface area contributed by atoms with Gasteiger partial charge in [-0.3, -0.25) is 13.9 Å². The van der Waals surface area contributed by atoms with Crippen molar-refractivity contribution in [3.8, 4) is 0 Å². The van der Waals surface area contributed by atoms with Gasteiger partial charge in [-0.2, -0.15) is 0 Å². The van der Waals surface area contributed by atoms with Gasteiger partial charge in [-0.25, -0.2) is 8.42 Å². The molecule has 1 unspecified atom stereocenters. The van der Waals surface area contributed by atoms with E-state index < -0.39 is 28.5 Å². The monoisotopic (exact) mass is 697 g/mol. The van der Waals surface area contributed by atoms with Crippen molar-refractivity contribution < 1.29 is 18.0 Å². The van der Waals surface area contributed by atoms with Crippen molar-refractivity contribution in [3.63, 3.8) is 0 Å². The molecular formula is C35H34Cl3N3O4S. The summed E-state index contributed by atoms with van der Waals surface area (Å²) < 4.78 is 29.2. The average molecular weight is 699 g/mol. The Hall–Kier alpha value is -3.56. The van der Waals surface area contributed by atoms with E-state index in [0.717, 1.165) is 35.6 Å². The molecule has 4 aromatic carbocycles. The molecule has 4 aromatic rings. The largest absolute Gasteiger partial charge is 0.352 e. The van der Waals surface area contributed by atoms with Crippen molar-refractivity contribution in [2.75, 3.05) is 10.8 Å². The van der Waals surface area contributed by atoms with Gasteiger partial charge in [0.1, 0.15) is 12.6 Å². The third kappa shape index (κ3) is 8.23. The molecule has 0 aromatic heterocycles. The minimum absolute atomic E-state index is 0.00543. The van der Waals surface area contributed by atoms with E-state index in [1.165, 1.54) is 35.2 Å². The Kier molecular flexibility index (Phi) is 11.3. The van der Waals surface area contributed by atoms with Gasteiger partial charge in [0.2, 0.25) is 11.8 Å². The summed E-state index contributed by atoms with van der Waals surface area (Å²) in [5.41, 5.74) is 1.54. The molecule has 1 N–H and O–H groups in total. The van der Waals surface area contributed by atoms with Gasteiger partial charge in [-0.15, -0.1) is 0 Å². The molecular weight excluding hydrogens is 665 g/mol. The minimum Gasteiger partial charge on any atom is -0.352 e. The highest BCUT2D eigenvalue weighted by atomic mass is 35.5. The summed E-state index contributed by atoms with van der Waals surface area (Å²) in [4.78, 5) is 30.1. The predicted molar refractivity (Wildman–Crippen MR) is 184 cm³/mol. The number of carbonyl (C=O) groups is 2. The van der Waals surface area contributed by atoms with Crippen LogP contribution in [0.25, 0.3) is 0 Å². The molecule has 0 aliphatic heterocycles. The first-order chi connectivity index (χ1) is 22.1. The molecule has 0 spiro atoms. The standard InChI is InChI=1S/C35H34Cl3N3O4S/c36-27-19-20-32(31(38)22-27)41(46(44,45)29-16-5-2-6-17-29)24-34(42)40(23-26-13-7-10-18-30(26)37)33(21-25-11-3-1-4-12-25)35(43)39-28-14-8-9-15-28/h1-7,10-13,16-20,22,28,33H,8-9,14-15,21,23-24H2,(H,39,43). The lowest BCUT2D eigenvalue weighted by Gasteiger charge is -2.34. The van der Waals surface area contributed by atoms with Crippen molar-refractivity contribution in [1.29, 1.82) is 0 Å². The number of anilines is 1. The lowest BCUT2D eigenvalue weighted by molar-refractivity contribution is -0.140. The van der Waals surface area contributed by atoms with Gasteiger partial charge in [0, 0.05) is 29.1 Å². The quantitative estimate of drug-likeness (QED) is 0.166. The maximum absolute atomic E-state index is 14.6. The Bertz CT molecular complexity index is 1770. The highest BCUT2D eigenvalue weighted by molar-refractivity contribution is 7.92. The summed E-state index contributed by atoms with van der Waals surface area (Å²) >= 11 is 19.3. The molecule has 0 bridgehead atoms. The van der Waals surface area contributed by atoms with E-state index in [1.807, 2.05) is 30.3 Å². The van der Waals surface area contributed by atoms with Gasteiger partial charge in [-0.05, 0) is 60.4 Å². The van der Waals surface area contributed by atoms with E-state index in [9.17, 15) is 18.0 Å². The van der Waals surface area contributed by atoms with Crippen LogP contribution in [0.5, 0.6) is 0 Å². The van der Waals surface area contributed by atoms with Gasteiger partial charge in [0.05, 0.1) is 15.6 Å². The Labute approximate surface area is 285 Å². The number of hydrogen-bond donors (Lipinski definition) is 1. The molecule has 240 valence electrons. The van der Waals surface area contributed by atoms with E-state index in [4.69, 9.17) is 34.8 Å². The van der Waals surface area contributed by atoms with Gasteiger partial charge in [0.15, 0.2) is 0 Å². The predicted octanol–water partition coefficient (Wildman–Crippen LogP) is 7.54. The first-order valence-corrected chi connectivity index (χ1v) is 17.6. The van der Waals surface area contributed by atoms with Gasteiger partial charge < -0.3 is 10.2 Å². The lowest BCUT2D eigenvalue weighted by Crippen LogP contribution is -2.54. The van der Waals surface area contributed by atoms with E-state index in [1.54, 1.807) is 42.5 Å². The maximum atomic E-state index is 14.6. The summed E-state index contributed by atoms with van der Waals surface area (Å²) in [6.07, 6.45) is 3.97. The molecule has 1 saturated carbocycles. The number of rotatable bonds is 12. The molecule has 1 aliphatic rings. The highest BCUT2D eigenvalue weighted by Crippen LogP contribution is 2.33. The average Bonchev–Trinajstić information content (AvgIpc) is 3.56. The van der Waals surface area contributed by atoms with Gasteiger partial charge >= 0.3 is 0 Å². The Morgan fingerprint density at radius 2 is 1.43 bits per heavy atom. The number of benzene rings is 4. The number of amides is 2. The van der Waals surface area contributed by atoms with Crippen LogP contribution in [0.1, 0.15) is 36.8 Å². The molecule has 0 heterocycles. The van der Waals surface area contributed by atoms with E-state index in [0.29, 0.717) is 15.6 Å². The summed E-state index contributed by atoms with van der Waals surface area (Å²) in [7, 11) is -4.29. The van der Waals surface area contributed by atoms with E-state index >= 15 is 0 Å². The van der Waals surface area contributed by atoms with Crippen LogP contribution in [0, 0.1) is 0 Å². The fourth-order valence-corrected chi connectivity index (χ4v) is 7.86. The number of halogens is 3. The van der Waals surface area contributed by atoms with Gasteiger partial charge in [-0.1, -0.05) is 114 Å². The SMILES string of the molecule is O=C(NC1CCCC1)C(Cc1ccccc1)N(Cc1ccccc1Cl)C(=O)CN(c1ccc(Cl)cc1Cl)S(=O)(=O)c1ccccc1. The molecule has 1 fully saturated rings. The van der Waals surface area contributed by atoms with Gasteiger partial charge in [0.25, 0.3) is 10.0 Å². The number of hydrogen-bond acceptors (Lipinski definition) is 4. The van der Waals surface area contributed by atoms with Crippen LogP contribution in [0.2, 0.25) is 15.1 Å². The smallest absolute Gasteiger partial charge is 0.264 e. The normalized spacial score (nSPS) is 14.1. The number of sulfonamides is 1. The van der Waals surface area contributed by atoms with Crippen molar-refractivity contribution >= 4 is 62.3 Å². The summed E-state index contributed by atoms with van der Waals surface area (Å²) in [6.45, 7) is -0.660. The second-order valence-electron chi connectivity index (χ2n) is 11.2. The van der Waals surface area contributed by atoms with Crippen LogP contribution in [-0.4, -0.2) is 43.8 Å². The van der Waals surface area contributed by atoms with Crippen molar-refractivity contribution in [3.05, 3.63) is 129 Å². The first kappa shape index (κ1) is 33.8. The Morgan fingerprint density at radius 1 is 0.804 bits per heavy atom. The highest BCUT2D eigenvalue weighted by Gasteiger charge is 2.36. The summed E-state index contributed by atoms with van der Waals surface area (Å²) in [6, 6.07) is 27.7. The molecule has 1 aliphatic carbocycles. The van der Waals surface area contributed by atoms with E-state index in [-0.39, 0.29) is 40.5 Å². The fourth-order valence-electron chi connectivity index (χ4n) is 5.65. The topological polar surface area (TPSA) is 86.8 Å². The van der Waals surface area contributed by atoms with Crippen LogP contribution in [-0.2, 0) is 32.6 Å². The zero-order chi connectivity index (χ0) is 32.7. The summed E-state index contributed by atoms with van der Waals surface area (Å²) in [5.74, 6) is -0.911. The van der Waals surface area contributed by atoms with Crippen molar-refractivity contribution in [2.24, 2.45) is 0 Å². The Balaban J connectivity index is 1.59. The molecule has 0 radical (unpaired) electrons. The second-order valence-corrected chi connectivity index (χ2v) is 14.3. The van der Waals surface area contributed by atoms with Crippen LogP contribution in [0.3, 0.4) is 0 Å². The molecule has 46 heavy (non-hydrogen) atoms. The molecule has 11 heteroatoms. The molecule has 2 amide bonds. The van der Waals surface area contributed by atoms with Crippen molar-refractivity contribution in [1.82, 2.24) is 10.2 Å². The first-order valence-electron chi connectivity index (χ1n) is 15.0. The second kappa shape index (κ2) is 15.4. The number of nitrogens with zero attached hydrogens (tertiary/aromatic N) is 2. The van der Waals surface area contributed by atoms with Crippen LogP contribution < -0.4 is 9.62 Å². The maximum Gasteiger partial charge on any atom is 0.264 e. The Morgan fingerprint density at radius 3 is 2.09 bits per heavy atom. The molecule has 1 atom stereocenters.